The molecule has 0 saturated heterocycles. The van der Waals surface area contributed by atoms with E-state index in [1.54, 1.807) is 12.0 Å². The van der Waals surface area contributed by atoms with Crippen molar-refractivity contribution >= 4 is 17.5 Å². The predicted molar refractivity (Wildman–Crippen MR) is 137 cm³/mol. The van der Waals surface area contributed by atoms with Crippen LogP contribution in [0.1, 0.15) is 49.3 Å². The molecular weight excluding hydrogens is 440 g/mol. The minimum absolute atomic E-state index is 0.0489. The molecule has 3 aromatic rings. The van der Waals surface area contributed by atoms with E-state index in [9.17, 15) is 9.59 Å². The van der Waals surface area contributed by atoms with Crippen molar-refractivity contribution in [3.8, 4) is 11.5 Å². The highest BCUT2D eigenvalue weighted by Crippen LogP contribution is 2.31. The second-order valence-corrected chi connectivity index (χ2v) is 8.74. The fourth-order valence-electron chi connectivity index (χ4n) is 4.46. The summed E-state index contributed by atoms with van der Waals surface area (Å²) in [7, 11) is 1.63. The minimum atomic E-state index is -0.551. The summed E-state index contributed by atoms with van der Waals surface area (Å²) in [5.41, 5.74) is 3.53. The van der Waals surface area contributed by atoms with E-state index in [0.717, 1.165) is 22.4 Å². The van der Waals surface area contributed by atoms with Crippen molar-refractivity contribution in [3.63, 3.8) is 0 Å². The van der Waals surface area contributed by atoms with Crippen LogP contribution < -0.4 is 14.8 Å². The normalized spacial score (nSPS) is 16.0. The van der Waals surface area contributed by atoms with Gasteiger partial charge in [-0.1, -0.05) is 56.3 Å². The van der Waals surface area contributed by atoms with Crippen LogP contribution in [-0.4, -0.2) is 29.9 Å². The summed E-state index contributed by atoms with van der Waals surface area (Å²) in [6, 6.07) is 23.1. The van der Waals surface area contributed by atoms with Crippen LogP contribution >= 0.6 is 0 Å². The molecule has 2 amide bonds. The van der Waals surface area contributed by atoms with Gasteiger partial charge in [0.25, 0.3) is 5.91 Å². The van der Waals surface area contributed by atoms with Crippen LogP contribution in [0.2, 0.25) is 0 Å². The Kier molecular flexibility index (Phi) is 7.70. The van der Waals surface area contributed by atoms with E-state index in [2.05, 4.69) is 5.32 Å². The molecule has 0 fully saturated rings. The summed E-state index contributed by atoms with van der Waals surface area (Å²) < 4.78 is 11.4. The molecular formula is C29H32N2O4. The van der Waals surface area contributed by atoms with E-state index in [1.165, 1.54) is 0 Å². The van der Waals surface area contributed by atoms with Gasteiger partial charge in [-0.05, 0) is 54.3 Å². The molecule has 0 radical (unpaired) electrons. The Morgan fingerprint density at radius 2 is 1.89 bits per heavy atom. The van der Waals surface area contributed by atoms with E-state index >= 15 is 0 Å². The first-order valence-electron chi connectivity index (χ1n) is 12.1. The van der Waals surface area contributed by atoms with Crippen molar-refractivity contribution in [3.05, 3.63) is 89.5 Å². The number of fused-ring (bicyclic) bond motifs is 1. The molecule has 4 rings (SSSR count). The number of hydrogen-bond donors (Lipinski definition) is 1. The maximum atomic E-state index is 13.3. The Morgan fingerprint density at radius 1 is 1.09 bits per heavy atom. The van der Waals surface area contributed by atoms with E-state index in [-0.39, 0.29) is 17.7 Å². The Hall–Kier alpha value is -3.80. The van der Waals surface area contributed by atoms with Gasteiger partial charge in [-0.25, -0.2) is 0 Å². The van der Waals surface area contributed by atoms with Crippen LogP contribution in [0.5, 0.6) is 11.5 Å². The number of nitrogens with zero attached hydrogens (tertiary/aromatic N) is 1. The SMILES string of the molecule is CCC1Oc2ccc(NC(=O)C(CC)c3ccccc3)cc2CN(Cc2cccc(OC)c2)C1=O. The lowest BCUT2D eigenvalue weighted by atomic mass is 9.95. The zero-order valence-electron chi connectivity index (χ0n) is 20.5. The highest BCUT2D eigenvalue weighted by molar-refractivity contribution is 5.96. The third-order valence-electron chi connectivity index (χ3n) is 6.35. The Labute approximate surface area is 206 Å². The van der Waals surface area contributed by atoms with Gasteiger partial charge in [-0.3, -0.25) is 9.59 Å². The molecule has 3 aromatic carbocycles. The fraction of sp³-hybridized carbons (Fsp3) is 0.310. The zero-order valence-corrected chi connectivity index (χ0v) is 20.5. The Balaban J connectivity index is 1.57. The molecule has 1 N–H and O–H groups in total. The lowest BCUT2D eigenvalue weighted by Gasteiger charge is -2.23. The van der Waals surface area contributed by atoms with Crippen molar-refractivity contribution in [1.82, 2.24) is 4.90 Å². The minimum Gasteiger partial charge on any atom is -0.497 e. The maximum Gasteiger partial charge on any atom is 0.264 e. The number of anilines is 1. The number of amides is 2. The number of hydrogen-bond acceptors (Lipinski definition) is 4. The molecule has 0 aliphatic carbocycles. The topological polar surface area (TPSA) is 67.9 Å². The summed E-state index contributed by atoms with van der Waals surface area (Å²) in [4.78, 5) is 28.1. The van der Waals surface area contributed by atoms with Gasteiger partial charge in [0.05, 0.1) is 13.0 Å². The van der Waals surface area contributed by atoms with Gasteiger partial charge >= 0.3 is 0 Å². The predicted octanol–water partition coefficient (Wildman–Crippen LogP) is 5.53. The number of benzene rings is 3. The first-order chi connectivity index (χ1) is 17.0. The second-order valence-electron chi connectivity index (χ2n) is 8.74. The summed E-state index contributed by atoms with van der Waals surface area (Å²) in [6.45, 7) is 4.79. The summed E-state index contributed by atoms with van der Waals surface area (Å²) in [5.74, 6) is 1.09. The molecule has 35 heavy (non-hydrogen) atoms. The van der Waals surface area contributed by atoms with Crippen LogP contribution in [0.15, 0.2) is 72.8 Å². The van der Waals surface area contributed by atoms with Crippen LogP contribution in [0.25, 0.3) is 0 Å². The molecule has 1 heterocycles. The number of rotatable bonds is 8. The molecule has 182 valence electrons. The molecule has 0 saturated carbocycles. The number of carbonyl (C=O) groups is 2. The van der Waals surface area contributed by atoms with Gasteiger partial charge in [-0.2, -0.15) is 0 Å². The van der Waals surface area contributed by atoms with E-state index < -0.39 is 6.10 Å². The molecule has 0 spiro atoms. The van der Waals surface area contributed by atoms with Gasteiger partial charge in [0.2, 0.25) is 5.91 Å². The molecule has 2 unspecified atom stereocenters. The highest BCUT2D eigenvalue weighted by atomic mass is 16.5. The molecule has 0 aromatic heterocycles. The van der Waals surface area contributed by atoms with E-state index in [4.69, 9.17) is 9.47 Å². The van der Waals surface area contributed by atoms with Crippen molar-refractivity contribution in [2.75, 3.05) is 12.4 Å². The monoisotopic (exact) mass is 472 g/mol. The maximum absolute atomic E-state index is 13.3. The second kappa shape index (κ2) is 11.1. The van der Waals surface area contributed by atoms with Crippen LogP contribution in [-0.2, 0) is 22.7 Å². The van der Waals surface area contributed by atoms with Crippen LogP contribution in [0.3, 0.4) is 0 Å². The summed E-state index contributed by atoms with van der Waals surface area (Å²) in [5, 5.41) is 3.06. The highest BCUT2D eigenvalue weighted by Gasteiger charge is 2.30. The van der Waals surface area contributed by atoms with Crippen molar-refractivity contribution in [1.29, 1.82) is 0 Å². The van der Waals surface area contributed by atoms with Gasteiger partial charge in [0.15, 0.2) is 6.10 Å². The smallest absolute Gasteiger partial charge is 0.264 e. The van der Waals surface area contributed by atoms with Crippen molar-refractivity contribution in [2.45, 2.75) is 51.8 Å². The van der Waals surface area contributed by atoms with Gasteiger partial charge in [-0.15, -0.1) is 0 Å². The summed E-state index contributed by atoms with van der Waals surface area (Å²) >= 11 is 0. The van der Waals surface area contributed by atoms with Gasteiger partial charge in [0, 0.05) is 24.3 Å². The fourth-order valence-corrected chi connectivity index (χ4v) is 4.46. The molecule has 0 bridgehead atoms. The Bertz CT molecular complexity index is 1180. The average Bonchev–Trinajstić information content (AvgIpc) is 3.01. The molecule has 6 heteroatoms. The van der Waals surface area contributed by atoms with Crippen molar-refractivity contribution in [2.24, 2.45) is 0 Å². The van der Waals surface area contributed by atoms with Crippen LogP contribution in [0, 0.1) is 0 Å². The molecule has 2 atom stereocenters. The third-order valence-corrected chi connectivity index (χ3v) is 6.35. The van der Waals surface area contributed by atoms with Crippen LogP contribution in [0.4, 0.5) is 5.69 Å². The number of methoxy groups -OCH3 is 1. The summed E-state index contributed by atoms with van der Waals surface area (Å²) in [6.07, 6.45) is 0.718. The third kappa shape index (κ3) is 5.65. The standard InChI is InChI=1S/C29H32N2O4/c1-4-25(21-11-7-6-8-12-21)28(32)30-23-14-15-27-22(17-23)19-31(29(33)26(5-2)35-27)18-20-10-9-13-24(16-20)34-3/h6-17,25-26H,4-5,18-19H2,1-3H3,(H,30,32). The largest absolute Gasteiger partial charge is 0.497 e. The number of ether oxygens (including phenoxy) is 2. The van der Waals surface area contributed by atoms with E-state index in [1.807, 2.05) is 86.6 Å². The lowest BCUT2D eigenvalue weighted by Crippen LogP contribution is -2.38. The first kappa shape index (κ1) is 24.3. The number of carbonyl (C=O) groups excluding carboxylic acids is 2. The lowest BCUT2D eigenvalue weighted by molar-refractivity contribution is -0.139. The van der Waals surface area contributed by atoms with E-state index in [0.29, 0.717) is 37.4 Å². The molecule has 1 aliphatic heterocycles. The first-order valence-corrected chi connectivity index (χ1v) is 12.1. The van der Waals surface area contributed by atoms with Gasteiger partial charge < -0.3 is 19.7 Å². The molecule has 6 nitrogen and oxygen atoms in total. The van der Waals surface area contributed by atoms with Crippen molar-refractivity contribution < 1.29 is 19.1 Å². The zero-order chi connectivity index (χ0) is 24.8. The number of nitrogens with one attached hydrogen (secondary N) is 1. The quantitative estimate of drug-likeness (QED) is 0.468. The average molecular weight is 473 g/mol. The van der Waals surface area contributed by atoms with Gasteiger partial charge in [0.1, 0.15) is 11.5 Å². The Morgan fingerprint density at radius 3 is 2.60 bits per heavy atom. The molecule has 1 aliphatic rings.